The van der Waals surface area contributed by atoms with E-state index in [1.165, 1.54) is 30.6 Å². The van der Waals surface area contributed by atoms with Crippen LogP contribution in [0.25, 0.3) is 11.0 Å². The van der Waals surface area contributed by atoms with Gasteiger partial charge >= 0.3 is 11.9 Å². The fourth-order valence-corrected chi connectivity index (χ4v) is 4.67. The zero-order valence-electron chi connectivity index (χ0n) is 17.1. The van der Waals surface area contributed by atoms with Crippen LogP contribution in [0.1, 0.15) is 28.4 Å². The molecular weight excluding hydrogens is 446 g/mol. The summed E-state index contributed by atoms with van der Waals surface area (Å²) in [6.07, 6.45) is 1.38. The summed E-state index contributed by atoms with van der Waals surface area (Å²) < 4.78 is 29.6. The lowest BCUT2D eigenvalue weighted by molar-refractivity contribution is -0.137. The van der Waals surface area contributed by atoms with Gasteiger partial charge in [0, 0.05) is 0 Å². The predicted molar refractivity (Wildman–Crippen MR) is 121 cm³/mol. The molecule has 1 aromatic heterocycles. The average Bonchev–Trinajstić information content (AvgIpc) is 3.20. The van der Waals surface area contributed by atoms with Crippen LogP contribution < -0.4 is 4.72 Å². The van der Waals surface area contributed by atoms with Crippen molar-refractivity contribution in [3.63, 3.8) is 0 Å². The van der Waals surface area contributed by atoms with Gasteiger partial charge in [0.2, 0.25) is 0 Å². The fraction of sp³-hybridized carbons (Fsp3) is 0.0870. The van der Waals surface area contributed by atoms with Gasteiger partial charge in [0.1, 0.15) is 0 Å². The number of carboxylic acid groups (broad SMARTS) is 2. The van der Waals surface area contributed by atoms with Crippen LogP contribution >= 0.6 is 0 Å². The first kappa shape index (κ1) is 22.0. The third kappa shape index (κ3) is 4.70. The Morgan fingerprint density at radius 1 is 0.970 bits per heavy atom. The molecule has 0 aliphatic rings. The van der Waals surface area contributed by atoms with Crippen LogP contribution in [-0.2, 0) is 14.8 Å². The number of benzene rings is 3. The van der Waals surface area contributed by atoms with Crippen LogP contribution in [0.5, 0.6) is 0 Å². The van der Waals surface area contributed by atoms with Gasteiger partial charge in [0.15, 0.2) is 0 Å². The highest BCUT2D eigenvalue weighted by atomic mass is 32.2. The highest BCUT2D eigenvalue weighted by molar-refractivity contribution is 7.92. The lowest BCUT2D eigenvalue weighted by Crippen LogP contribution is -2.15. The zero-order valence-corrected chi connectivity index (χ0v) is 17.9. The first-order valence-electron chi connectivity index (χ1n) is 9.84. The predicted octanol–water partition coefficient (Wildman–Crippen LogP) is 3.60. The molecule has 1 unspecified atom stereocenters. The van der Waals surface area contributed by atoms with Crippen LogP contribution in [0, 0.1) is 0 Å². The molecule has 0 aliphatic carbocycles. The van der Waals surface area contributed by atoms with E-state index in [9.17, 15) is 23.1 Å². The van der Waals surface area contributed by atoms with Crippen molar-refractivity contribution >= 4 is 38.7 Å². The summed E-state index contributed by atoms with van der Waals surface area (Å²) in [6, 6.07) is 18.5. The SMILES string of the molecule is O=C(O)CC(c1ccccc1)n1cnc2cc(NS(=O)(=O)c3cccc(C(=O)O)c3)ccc21. The molecule has 0 aliphatic heterocycles. The number of rotatable bonds is 8. The molecule has 0 bridgehead atoms. The van der Waals surface area contributed by atoms with Crippen molar-refractivity contribution in [2.24, 2.45) is 0 Å². The van der Waals surface area contributed by atoms with E-state index in [1.807, 2.05) is 30.3 Å². The Hall–Kier alpha value is -4.18. The fourth-order valence-electron chi connectivity index (χ4n) is 3.57. The summed E-state index contributed by atoms with van der Waals surface area (Å²) in [5, 5.41) is 18.5. The van der Waals surface area contributed by atoms with E-state index in [0.717, 1.165) is 11.6 Å². The molecule has 4 rings (SSSR count). The molecule has 3 N–H and O–H groups in total. The number of hydrogen-bond donors (Lipinski definition) is 3. The molecular formula is C23H19N3O6S. The van der Waals surface area contributed by atoms with E-state index in [0.29, 0.717) is 11.0 Å². The Kier molecular flexibility index (Phi) is 5.84. The number of sulfonamides is 1. The number of carbonyl (C=O) groups is 2. The van der Waals surface area contributed by atoms with Gasteiger partial charge in [-0.2, -0.15) is 0 Å². The Balaban J connectivity index is 1.67. The smallest absolute Gasteiger partial charge is 0.335 e. The molecule has 4 aromatic rings. The molecule has 3 aromatic carbocycles. The minimum Gasteiger partial charge on any atom is -0.481 e. The standard InChI is InChI=1S/C23H19N3O6S/c27-22(28)13-21(15-5-2-1-3-6-15)26-14-24-19-12-17(9-10-20(19)26)25-33(31,32)18-8-4-7-16(11-18)23(29)30/h1-12,14,21,25H,13H2,(H,27,28)(H,29,30). The number of nitrogens with one attached hydrogen (secondary N) is 1. The summed E-state index contributed by atoms with van der Waals surface area (Å²) in [6.45, 7) is 0. The van der Waals surface area contributed by atoms with Crippen LogP contribution in [0.2, 0.25) is 0 Å². The van der Waals surface area contributed by atoms with E-state index < -0.39 is 28.0 Å². The van der Waals surface area contributed by atoms with Gasteiger partial charge < -0.3 is 14.8 Å². The van der Waals surface area contributed by atoms with Crippen LogP contribution in [-0.4, -0.2) is 40.1 Å². The van der Waals surface area contributed by atoms with Crippen molar-refractivity contribution in [2.75, 3.05) is 4.72 Å². The van der Waals surface area contributed by atoms with E-state index in [-0.39, 0.29) is 22.6 Å². The lowest BCUT2D eigenvalue weighted by Gasteiger charge is -2.18. The molecule has 0 saturated heterocycles. The molecule has 0 saturated carbocycles. The molecule has 0 radical (unpaired) electrons. The third-order valence-corrected chi connectivity index (χ3v) is 6.49. The highest BCUT2D eigenvalue weighted by Gasteiger charge is 2.21. The maximum Gasteiger partial charge on any atom is 0.335 e. The monoisotopic (exact) mass is 465 g/mol. The van der Waals surface area contributed by atoms with E-state index in [2.05, 4.69) is 9.71 Å². The largest absolute Gasteiger partial charge is 0.481 e. The summed E-state index contributed by atoms with van der Waals surface area (Å²) in [5.41, 5.74) is 2.02. The van der Waals surface area contributed by atoms with Crippen molar-refractivity contribution in [3.8, 4) is 0 Å². The Morgan fingerprint density at radius 3 is 2.42 bits per heavy atom. The topological polar surface area (TPSA) is 139 Å². The molecule has 10 heteroatoms. The second-order valence-electron chi connectivity index (χ2n) is 7.32. The Labute approximate surface area is 189 Å². The number of fused-ring (bicyclic) bond motifs is 1. The van der Waals surface area contributed by atoms with E-state index in [1.54, 1.807) is 16.7 Å². The maximum absolute atomic E-state index is 12.7. The van der Waals surface area contributed by atoms with E-state index in [4.69, 9.17) is 5.11 Å². The van der Waals surface area contributed by atoms with Gasteiger partial charge in [0.05, 0.1) is 46.0 Å². The number of aliphatic carboxylic acids is 1. The number of aromatic nitrogens is 2. The normalized spacial score (nSPS) is 12.4. The highest BCUT2D eigenvalue weighted by Crippen LogP contribution is 2.28. The Morgan fingerprint density at radius 2 is 1.73 bits per heavy atom. The number of imidazole rings is 1. The third-order valence-electron chi connectivity index (χ3n) is 5.11. The summed E-state index contributed by atoms with van der Waals surface area (Å²) >= 11 is 0. The van der Waals surface area contributed by atoms with Crippen molar-refractivity contribution in [1.82, 2.24) is 9.55 Å². The van der Waals surface area contributed by atoms with Crippen molar-refractivity contribution in [1.29, 1.82) is 0 Å². The molecule has 1 atom stereocenters. The Bertz CT molecular complexity index is 1450. The molecule has 9 nitrogen and oxygen atoms in total. The van der Waals surface area contributed by atoms with Gasteiger partial charge in [-0.25, -0.2) is 18.2 Å². The summed E-state index contributed by atoms with van der Waals surface area (Å²) in [7, 11) is -4.03. The number of aromatic carboxylic acids is 1. The zero-order chi connectivity index (χ0) is 23.6. The number of carboxylic acids is 2. The van der Waals surface area contributed by atoms with Gasteiger partial charge in [0.25, 0.3) is 10.0 Å². The molecule has 168 valence electrons. The van der Waals surface area contributed by atoms with Crippen LogP contribution in [0.3, 0.4) is 0 Å². The second kappa shape index (κ2) is 8.75. The summed E-state index contributed by atoms with van der Waals surface area (Å²) in [4.78, 5) is 26.8. The number of anilines is 1. The number of hydrogen-bond acceptors (Lipinski definition) is 5. The van der Waals surface area contributed by atoms with Gasteiger partial charge in [-0.3, -0.25) is 9.52 Å². The minimum atomic E-state index is -4.03. The van der Waals surface area contributed by atoms with Crippen molar-refractivity contribution < 1.29 is 28.2 Å². The van der Waals surface area contributed by atoms with Gasteiger partial charge in [-0.15, -0.1) is 0 Å². The molecule has 0 fully saturated rings. The minimum absolute atomic E-state index is 0.141. The number of nitrogens with zero attached hydrogens (tertiary/aromatic N) is 2. The van der Waals surface area contributed by atoms with Gasteiger partial charge in [-0.05, 0) is 42.0 Å². The average molecular weight is 465 g/mol. The van der Waals surface area contributed by atoms with Crippen molar-refractivity contribution in [2.45, 2.75) is 17.4 Å². The van der Waals surface area contributed by atoms with Crippen LogP contribution in [0.4, 0.5) is 5.69 Å². The lowest BCUT2D eigenvalue weighted by atomic mass is 10.0. The quantitative estimate of drug-likeness (QED) is 0.361. The molecule has 0 spiro atoms. The summed E-state index contributed by atoms with van der Waals surface area (Å²) in [5.74, 6) is -2.19. The van der Waals surface area contributed by atoms with Gasteiger partial charge in [-0.1, -0.05) is 36.4 Å². The maximum atomic E-state index is 12.7. The first-order chi connectivity index (χ1) is 15.7. The van der Waals surface area contributed by atoms with Crippen LogP contribution in [0.15, 0.2) is 84.0 Å². The second-order valence-corrected chi connectivity index (χ2v) is 9.00. The molecule has 33 heavy (non-hydrogen) atoms. The first-order valence-corrected chi connectivity index (χ1v) is 11.3. The van der Waals surface area contributed by atoms with E-state index >= 15 is 0 Å². The molecule has 0 amide bonds. The molecule has 1 heterocycles. The van der Waals surface area contributed by atoms with Crippen molar-refractivity contribution in [3.05, 3.63) is 90.3 Å².